The van der Waals surface area contributed by atoms with Crippen LogP contribution in [0.2, 0.25) is 0 Å². The molecule has 1 aliphatic heterocycles. The highest BCUT2D eigenvalue weighted by Crippen LogP contribution is 2.37. The van der Waals surface area contributed by atoms with Gasteiger partial charge in [0.2, 0.25) is 5.88 Å². The van der Waals surface area contributed by atoms with Crippen molar-refractivity contribution in [2.45, 2.75) is 32.0 Å². The van der Waals surface area contributed by atoms with Gasteiger partial charge in [-0.15, -0.1) is 0 Å². The van der Waals surface area contributed by atoms with Gasteiger partial charge in [-0.3, -0.25) is 4.79 Å². The van der Waals surface area contributed by atoms with Gasteiger partial charge in [-0.1, -0.05) is 22.9 Å². The van der Waals surface area contributed by atoms with E-state index < -0.39 is 17.6 Å². The molecule has 1 saturated heterocycles. The van der Waals surface area contributed by atoms with Crippen molar-refractivity contribution in [1.29, 1.82) is 0 Å². The van der Waals surface area contributed by atoms with Gasteiger partial charge in [0.1, 0.15) is 11.6 Å². The number of benzene rings is 2. The molecule has 12 heteroatoms. The third-order valence-electron chi connectivity index (χ3n) is 7.28. The zero-order chi connectivity index (χ0) is 30.7. The molecule has 2 aromatic carbocycles. The number of aromatic nitrogens is 3. The van der Waals surface area contributed by atoms with E-state index in [4.69, 9.17) is 4.74 Å². The first-order valence-electron chi connectivity index (χ1n) is 13.7. The number of halogens is 4. The highest BCUT2D eigenvalue weighted by molar-refractivity contribution is 9.10. The number of amides is 1. The van der Waals surface area contributed by atoms with Crippen molar-refractivity contribution in [3.63, 3.8) is 0 Å². The minimum atomic E-state index is -4.57. The Balaban J connectivity index is 1.44. The van der Waals surface area contributed by atoms with E-state index in [1.807, 2.05) is 32.0 Å². The molecule has 1 N–H and O–H groups in total. The molecule has 0 bridgehead atoms. The summed E-state index contributed by atoms with van der Waals surface area (Å²) in [5.74, 6) is 0.664. The number of carbonyl (C=O) groups is 1. The molecule has 0 unspecified atom stereocenters. The van der Waals surface area contributed by atoms with Crippen LogP contribution in [-0.2, 0) is 12.6 Å². The number of nitrogens with zero attached hydrogens (tertiary/aromatic N) is 5. The lowest BCUT2D eigenvalue weighted by Gasteiger charge is -2.29. The molecule has 4 aromatic rings. The first-order chi connectivity index (χ1) is 20.5. The molecule has 0 radical (unpaired) electrons. The quantitative estimate of drug-likeness (QED) is 0.218. The maximum Gasteiger partial charge on any atom is 0.416 e. The van der Waals surface area contributed by atoms with Crippen LogP contribution >= 0.6 is 15.9 Å². The number of pyridine rings is 1. The van der Waals surface area contributed by atoms with Crippen molar-refractivity contribution in [3.8, 4) is 22.9 Å². The van der Waals surface area contributed by atoms with Crippen LogP contribution in [0.25, 0.3) is 11.3 Å². The normalized spacial score (nSPS) is 15.4. The van der Waals surface area contributed by atoms with Gasteiger partial charge >= 0.3 is 6.18 Å². The number of alkyl halides is 3. The number of aryl methyl sites for hydroxylation is 1. The molecule has 1 aliphatic rings. The highest BCUT2D eigenvalue weighted by Gasteiger charge is 2.33. The first-order valence-corrected chi connectivity index (χ1v) is 14.5. The summed E-state index contributed by atoms with van der Waals surface area (Å²) in [4.78, 5) is 30.8. The smallest absolute Gasteiger partial charge is 0.416 e. The van der Waals surface area contributed by atoms with Crippen LogP contribution in [0.3, 0.4) is 0 Å². The lowest BCUT2D eigenvalue weighted by Crippen LogP contribution is -2.34. The number of likely N-dealkylation sites (N-methyl/N-ethyl adjacent to an activating group) is 2. The standard InChI is InChI=1S/C31H30BrF3N6O2/c1-4-28-36-12-9-25(38-28)24-6-5-11-37-30(24)43-23-15-19(14-21(32)17-23)29(42)39-26-16-20(31(33,34)35)7-8-27(26)41(3)22-10-13-40(2)18-22/h5-9,11-12,14-17,22H,4,10,13,18H2,1-3H3,(H,39,42)/t22-/m0/s1. The molecule has 0 spiro atoms. The first kappa shape index (κ1) is 30.4. The maximum absolute atomic E-state index is 13.7. The third kappa shape index (κ3) is 7.14. The lowest BCUT2D eigenvalue weighted by molar-refractivity contribution is -0.137. The fraction of sp³-hybridized carbons (Fsp3) is 0.290. The van der Waals surface area contributed by atoms with Gasteiger partial charge in [-0.05, 0) is 74.6 Å². The summed E-state index contributed by atoms with van der Waals surface area (Å²) in [7, 11) is 3.83. The molecule has 0 saturated carbocycles. The van der Waals surface area contributed by atoms with Gasteiger partial charge in [0.15, 0.2) is 0 Å². The van der Waals surface area contributed by atoms with Crippen molar-refractivity contribution in [2.24, 2.45) is 0 Å². The molecule has 5 rings (SSSR count). The van der Waals surface area contributed by atoms with E-state index in [2.05, 4.69) is 41.1 Å². The molecule has 3 heterocycles. The zero-order valence-electron chi connectivity index (χ0n) is 23.8. The topological polar surface area (TPSA) is 83.5 Å². The Morgan fingerprint density at radius 2 is 1.95 bits per heavy atom. The molecule has 0 aliphatic carbocycles. The Kier molecular flexibility index (Phi) is 8.97. The van der Waals surface area contributed by atoms with E-state index in [0.717, 1.165) is 31.6 Å². The zero-order valence-corrected chi connectivity index (χ0v) is 25.4. The average molecular weight is 656 g/mol. The van der Waals surface area contributed by atoms with Crippen LogP contribution in [0.15, 0.2) is 71.5 Å². The van der Waals surface area contributed by atoms with Crippen molar-refractivity contribution in [1.82, 2.24) is 19.9 Å². The van der Waals surface area contributed by atoms with Gasteiger partial charge < -0.3 is 19.9 Å². The van der Waals surface area contributed by atoms with Crippen LogP contribution in [0.5, 0.6) is 11.6 Å². The minimum absolute atomic E-state index is 0.0711. The van der Waals surface area contributed by atoms with Gasteiger partial charge in [-0.25, -0.2) is 15.0 Å². The van der Waals surface area contributed by atoms with Gasteiger partial charge in [0.05, 0.1) is 28.2 Å². The molecule has 1 atom stereocenters. The Hall–Kier alpha value is -4.03. The van der Waals surface area contributed by atoms with Crippen molar-refractivity contribution < 1.29 is 22.7 Å². The average Bonchev–Trinajstić information content (AvgIpc) is 3.42. The van der Waals surface area contributed by atoms with Gasteiger partial charge in [-0.2, -0.15) is 13.2 Å². The Morgan fingerprint density at radius 3 is 2.67 bits per heavy atom. The number of likely N-dealkylation sites (tertiary alicyclic amines) is 1. The number of ether oxygens (including phenoxy) is 1. The van der Waals surface area contributed by atoms with E-state index in [9.17, 15) is 18.0 Å². The second kappa shape index (κ2) is 12.7. The fourth-order valence-electron chi connectivity index (χ4n) is 4.99. The number of rotatable bonds is 8. The Labute approximate surface area is 256 Å². The molecular weight excluding hydrogens is 625 g/mol. The fourth-order valence-corrected chi connectivity index (χ4v) is 5.46. The third-order valence-corrected chi connectivity index (χ3v) is 7.74. The molecule has 224 valence electrons. The van der Waals surface area contributed by atoms with Crippen molar-refractivity contribution in [2.75, 3.05) is 37.4 Å². The number of hydrogen-bond acceptors (Lipinski definition) is 7. The summed E-state index contributed by atoms with van der Waals surface area (Å²) < 4.78 is 47.6. The van der Waals surface area contributed by atoms with E-state index in [-0.39, 0.29) is 23.2 Å². The summed E-state index contributed by atoms with van der Waals surface area (Å²) in [5, 5.41) is 2.72. The van der Waals surface area contributed by atoms with Gasteiger partial charge in [0, 0.05) is 48.5 Å². The summed E-state index contributed by atoms with van der Waals surface area (Å²) in [6.07, 6.45) is 0.209. The molecule has 1 fully saturated rings. The Morgan fingerprint density at radius 1 is 1.14 bits per heavy atom. The minimum Gasteiger partial charge on any atom is -0.438 e. The second-order valence-electron chi connectivity index (χ2n) is 10.3. The van der Waals surface area contributed by atoms with E-state index in [1.54, 1.807) is 36.7 Å². The Bertz CT molecular complexity index is 1630. The summed E-state index contributed by atoms with van der Waals surface area (Å²) in [5.41, 5.74) is 1.19. The van der Waals surface area contributed by atoms with Crippen LogP contribution < -0.4 is 15.0 Å². The highest BCUT2D eigenvalue weighted by atomic mass is 79.9. The predicted molar refractivity (Wildman–Crippen MR) is 163 cm³/mol. The summed E-state index contributed by atoms with van der Waals surface area (Å²) >= 11 is 3.43. The molecule has 2 aromatic heterocycles. The number of anilines is 2. The largest absolute Gasteiger partial charge is 0.438 e. The van der Waals surface area contributed by atoms with Crippen LogP contribution in [0.1, 0.15) is 35.1 Å². The van der Waals surface area contributed by atoms with Gasteiger partial charge in [0.25, 0.3) is 5.91 Å². The summed E-state index contributed by atoms with van der Waals surface area (Å²) in [6, 6.07) is 13.6. The van der Waals surface area contributed by atoms with E-state index >= 15 is 0 Å². The van der Waals surface area contributed by atoms with E-state index in [0.29, 0.717) is 39.4 Å². The number of carbonyl (C=O) groups excluding carboxylic acids is 1. The lowest BCUT2D eigenvalue weighted by atomic mass is 10.1. The van der Waals surface area contributed by atoms with Crippen molar-refractivity contribution in [3.05, 3.63) is 88.4 Å². The van der Waals surface area contributed by atoms with Crippen LogP contribution in [-0.4, -0.2) is 59.0 Å². The molecular formula is C31H30BrF3N6O2. The monoisotopic (exact) mass is 654 g/mol. The molecule has 8 nitrogen and oxygen atoms in total. The SMILES string of the molecule is CCc1nccc(-c2cccnc2Oc2cc(Br)cc(C(=O)Nc3cc(C(F)(F)F)ccc3N(C)[C@H]3CCN(C)C3)c2)n1. The maximum atomic E-state index is 13.7. The second-order valence-corrected chi connectivity index (χ2v) is 11.3. The summed E-state index contributed by atoms with van der Waals surface area (Å²) in [6.45, 7) is 3.61. The van der Waals surface area contributed by atoms with E-state index in [1.165, 1.54) is 12.1 Å². The number of hydrogen-bond donors (Lipinski definition) is 1. The molecule has 43 heavy (non-hydrogen) atoms. The van der Waals surface area contributed by atoms with Crippen LogP contribution in [0.4, 0.5) is 24.5 Å². The van der Waals surface area contributed by atoms with Crippen molar-refractivity contribution >= 4 is 33.2 Å². The predicted octanol–water partition coefficient (Wildman–Crippen LogP) is 7.07. The molecule has 1 amide bonds. The van der Waals surface area contributed by atoms with Crippen LogP contribution in [0, 0.1) is 0 Å². The number of nitrogens with one attached hydrogen (secondary N) is 1.